The minimum Gasteiger partial charge on any atom is -0.489 e. The van der Waals surface area contributed by atoms with Crippen LogP contribution in [-0.4, -0.2) is 16.7 Å². The van der Waals surface area contributed by atoms with Gasteiger partial charge in [-0.3, -0.25) is 9.59 Å². The predicted octanol–water partition coefficient (Wildman–Crippen LogP) is 5.68. The Morgan fingerprint density at radius 3 is 2.22 bits per heavy atom. The van der Waals surface area contributed by atoms with E-state index in [0.717, 1.165) is 5.56 Å². The SMILES string of the molecule is O=C(Cn1c2ccccc2c(=O)c2ccccc21)N/N=C\c1ccc(OCc2c(F)cccc2Cl)cc1. The van der Waals surface area contributed by atoms with E-state index in [1.165, 1.54) is 12.3 Å². The number of carbonyl (C=O) groups is 1. The van der Waals surface area contributed by atoms with Gasteiger partial charge in [-0.2, -0.15) is 5.10 Å². The number of fused-ring (bicyclic) bond motifs is 2. The van der Waals surface area contributed by atoms with Crippen LogP contribution >= 0.6 is 11.6 Å². The highest BCUT2D eigenvalue weighted by Gasteiger charge is 2.12. The number of aromatic nitrogens is 1. The molecule has 0 atom stereocenters. The van der Waals surface area contributed by atoms with Crippen molar-refractivity contribution >= 4 is 45.5 Å². The molecule has 1 aromatic heterocycles. The Labute approximate surface area is 216 Å². The van der Waals surface area contributed by atoms with Crippen molar-refractivity contribution in [3.8, 4) is 5.75 Å². The molecule has 1 heterocycles. The van der Waals surface area contributed by atoms with E-state index in [-0.39, 0.29) is 24.5 Å². The lowest BCUT2D eigenvalue weighted by Gasteiger charge is -2.14. The average Bonchev–Trinajstić information content (AvgIpc) is 2.91. The first-order valence-corrected chi connectivity index (χ1v) is 11.9. The quantitative estimate of drug-likeness (QED) is 0.173. The molecule has 0 saturated carbocycles. The van der Waals surface area contributed by atoms with Crippen molar-refractivity contribution in [1.29, 1.82) is 0 Å². The van der Waals surface area contributed by atoms with Gasteiger partial charge in [-0.25, -0.2) is 9.82 Å². The lowest BCUT2D eigenvalue weighted by atomic mass is 10.1. The zero-order valence-corrected chi connectivity index (χ0v) is 20.3. The summed E-state index contributed by atoms with van der Waals surface area (Å²) in [5, 5.41) is 5.47. The minimum atomic E-state index is -0.421. The van der Waals surface area contributed by atoms with Crippen molar-refractivity contribution in [3.05, 3.63) is 123 Å². The van der Waals surface area contributed by atoms with Crippen LogP contribution < -0.4 is 15.6 Å². The molecule has 37 heavy (non-hydrogen) atoms. The molecule has 0 spiro atoms. The van der Waals surface area contributed by atoms with Crippen molar-refractivity contribution < 1.29 is 13.9 Å². The van der Waals surface area contributed by atoms with Crippen molar-refractivity contribution in [3.63, 3.8) is 0 Å². The summed E-state index contributed by atoms with van der Waals surface area (Å²) in [7, 11) is 0. The second-order valence-electron chi connectivity index (χ2n) is 8.30. The molecule has 0 radical (unpaired) electrons. The number of nitrogens with one attached hydrogen (secondary N) is 1. The second-order valence-corrected chi connectivity index (χ2v) is 8.71. The molecule has 0 aliphatic rings. The molecular formula is C29H21ClFN3O3. The van der Waals surface area contributed by atoms with Crippen LogP contribution in [0.3, 0.4) is 0 Å². The van der Waals surface area contributed by atoms with Gasteiger partial charge in [0.2, 0.25) is 0 Å². The number of halogens is 2. The fraction of sp³-hybridized carbons (Fsp3) is 0.0690. The number of amides is 1. The van der Waals surface area contributed by atoms with Crippen LogP contribution in [0.2, 0.25) is 5.02 Å². The Balaban J connectivity index is 1.25. The molecule has 0 aliphatic heterocycles. The number of rotatable bonds is 7. The monoisotopic (exact) mass is 513 g/mol. The Kier molecular flexibility index (Phi) is 6.96. The molecule has 1 amide bonds. The van der Waals surface area contributed by atoms with Gasteiger partial charge in [-0.05, 0) is 66.2 Å². The summed E-state index contributed by atoms with van der Waals surface area (Å²) in [6.45, 7) is -0.00656. The first-order chi connectivity index (χ1) is 18.0. The van der Waals surface area contributed by atoms with Gasteiger partial charge in [0.05, 0.1) is 22.3 Å². The highest BCUT2D eigenvalue weighted by molar-refractivity contribution is 6.31. The third-order valence-corrected chi connectivity index (χ3v) is 6.26. The summed E-state index contributed by atoms with van der Waals surface area (Å²) in [5.74, 6) is -0.218. The van der Waals surface area contributed by atoms with Gasteiger partial charge in [0.25, 0.3) is 5.91 Å². The van der Waals surface area contributed by atoms with E-state index >= 15 is 0 Å². The zero-order valence-electron chi connectivity index (χ0n) is 19.5. The van der Waals surface area contributed by atoms with Gasteiger partial charge < -0.3 is 9.30 Å². The van der Waals surface area contributed by atoms with Gasteiger partial charge >= 0.3 is 0 Å². The van der Waals surface area contributed by atoms with E-state index < -0.39 is 5.82 Å². The molecule has 0 saturated heterocycles. The van der Waals surface area contributed by atoms with Crippen molar-refractivity contribution in [2.45, 2.75) is 13.2 Å². The fourth-order valence-electron chi connectivity index (χ4n) is 4.08. The van der Waals surface area contributed by atoms with Gasteiger partial charge in [0.15, 0.2) is 5.43 Å². The average molecular weight is 514 g/mol. The molecule has 0 fully saturated rings. The number of hydrogen-bond donors (Lipinski definition) is 1. The highest BCUT2D eigenvalue weighted by atomic mass is 35.5. The summed E-state index contributed by atoms with van der Waals surface area (Å²) in [6.07, 6.45) is 1.51. The van der Waals surface area contributed by atoms with Crippen LogP contribution in [-0.2, 0) is 17.9 Å². The number of nitrogens with zero attached hydrogens (tertiary/aromatic N) is 2. The second kappa shape index (κ2) is 10.6. The molecule has 4 aromatic carbocycles. The number of benzene rings is 4. The minimum absolute atomic E-state index is 0.00333. The van der Waals surface area contributed by atoms with Crippen LogP contribution in [0.15, 0.2) is 101 Å². The summed E-state index contributed by atoms with van der Waals surface area (Å²) in [6, 6.07) is 25.9. The fourth-order valence-corrected chi connectivity index (χ4v) is 4.30. The number of hydrazone groups is 1. The maximum Gasteiger partial charge on any atom is 0.260 e. The third-order valence-electron chi connectivity index (χ3n) is 5.91. The van der Waals surface area contributed by atoms with Crippen molar-refractivity contribution in [1.82, 2.24) is 9.99 Å². The molecule has 8 heteroatoms. The number of para-hydroxylation sites is 2. The Morgan fingerprint density at radius 1 is 0.919 bits per heavy atom. The van der Waals surface area contributed by atoms with E-state index in [4.69, 9.17) is 16.3 Å². The maximum atomic E-state index is 13.9. The lowest BCUT2D eigenvalue weighted by molar-refractivity contribution is -0.121. The Morgan fingerprint density at radius 2 is 1.57 bits per heavy atom. The number of ether oxygens (including phenoxy) is 1. The van der Waals surface area contributed by atoms with Crippen LogP contribution in [0, 0.1) is 5.82 Å². The van der Waals surface area contributed by atoms with E-state index in [2.05, 4.69) is 10.5 Å². The topological polar surface area (TPSA) is 72.7 Å². The summed E-state index contributed by atoms with van der Waals surface area (Å²) >= 11 is 6.03. The van der Waals surface area contributed by atoms with E-state index in [1.807, 2.05) is 28.8 Å². The van der Waals surface area contributed by atoms with Crippen LogP contribution in [0.4, 0.5) is 4.39 Å². The van der Waals surface area contributed by atoms with E-state index in [1.54, 1.807) is 60.7 Å². The third kappa shape index (κ3) is 5.22. The zero-order chi connectivity index (χ0) is 25.8. The predicted molar refractivity (Wildman–Crippen MR) is 144 cm³/mol. The number of carbonyl (C=O) groups excluding carboxylic acids is 1. The smallest absolute Gasteiger partial charge is 0.260 e. The Bertz CT molecular complexity index is 1620. The number of hydrogen-bond acceptors (Lipinski definition) is 4. The first-order valence-electron chi connectivity index (χ1n) is 11.5. The van der Waals surface area contributed by atoms with Gasteiger partial charge in [0, 0.05) is 16.3 Å². The molecular weight excluding hydrogens is 493 g/mol. The first kappa shape index (κ1) is 24.2. The standard InChI is InChI=1S/C29H21ClFN3O3/c30-24-8-5-9-25(31)23(24)18-37-20-14-12-19(13-15-20)16-32-33-28(35)17-34-26-10-3-1-6-21(26)29(36)22-7-2-4-11-27(22)34/h1-16H,17-18H2,(H,33,35)/b32-16-. The highest BCUT2D eigenvalue weighted by Crippen LogP contribution is 2.22. The normalized spacial score (nSPS) is 11.3. The molecule has 5 rings (SSSR count). The molecule has 0 unspecified atom stereocenters. The van der Waals surface area contributed by atoms with Gasteiger partial charge in [-0.15, -0.1) is 0 Å². The lowest BCUT2D eigenvalue weighted by Crippen LogP contribution is -2.25. The molecule has 6 nitrogen and oxygen atoms in total. The largest absolute Gasteiger partial charge is 0.489 e. The van der Waals surface area contributed by atoms with Crippen molar-refractivity contribution in [2.75, 3.05) is 0 Å². The molecule has 5 aromatic rings. The molecule has 0 aliphatic carbocycles. The van der Waals surface area contributed by atoms with Crippen LogP contribution in [0.1, 0.15) is 11.1 Å². The number of pyridine rings is 1. The van der Waals surface area contributed by atoms with E-state index in [0.29, 0.717) is 38.1 Å². The molecule has 184 valence electrons. The van der Waals surface area contributed by atoms with Crippen LogP contribution in [0.5, 0.6) is 5.75 Å². The van der Waals surface area contributed by atoms with Gasteiger partial charge in [-0.1, -0.05) is 41.9 Å². The van der Waals surface area contributed by atoms with Gasteiger partial charge in [0.1, 0.15) is 24.7 Å². The maximum absolute atomic E-state index is 13.9. The van der Waals surface area contributed by atoms with E-state index in [9.17, 15) is 14.0 Å². The summed E-state index contributed by atoms with van der Waals surface area (Å²) in [5.41, 5.74) is 4.86. The molecule has 1 N–H and O–H groups in total. The Hall–Kier alpha value is -4.49. The summed E-state index contributed by atoms with van der Waals surface area (Å²) in [4.78, 5) is 25.6. The molecule has 0 bridgehead atoms. The summed E-state index contributed by atoms with van der Waals surface area (Å²) < 4.78 is 21.3. The van der Waals surface area contributed by atoms with Crippen molar-refractivity contribution in [2.24, 2.45) is 5.10 Å². The van der Waals surface area contributed by atoms with Crippen LogP contribution in [0.25, 0.3) is 21.8 Å².